The van der Waals surface area contributed by atoms with Gasteiger partial charge >= 0.3 is 0 Å². The summed E-state index contributed by atoms with van der Waals surface area (Å²) in [5.41, 5.74) is 8.68. The van der Waals surface area contributed by atoms with E-state index in [1.54, 1.807) is 22.8 Å². The number of nitrogen functional groups attached to an aromatic ring is 1. The zero-order valence-electron chi connectivity index (χ0n) is 10.1. The largest absolute Gasteiger partial charge is 0.369 e. The van der Waals surface area contributed by atoms with Crippen LogP contribution in [0, 0.1) is 11.3 Å². The lowest BCUT2D eigenvalue weighted by Crippen LogP contribution is -2.02. The summed E-state index contributed by atoms with van der Waals surface area (Å²) in [6, 6.07) is 12.9. The van der Waals surface area contributed by atoms with Crippen molar-refractivity contribution in [1.29, 1.82) is 5.26 Å². The van der Waals surface area contributed by atoms with E-state index < -0.39 is 0 Å². The number of fused-ring (bicyclic) bond motifs is 1. The highest BCUT2D eigenvalue weighted by atomic mass is 79.9. The van der Waals surface area contributed by atoms with Gasteiger partial charge in [-0.2, -0.15) is 5.26 Å². The molecule has 4 nitrogen and oxygen atoms in total. The molecule has 3 rings (SSSR count). The molecule has 20 heavy (non-hydrogen) atoms. The number of hydrogen-bond donors (Lipinski definition) is 1. The minimum Gasteiger partial charge on any atom is -0.369 e. The van der Waals surface area contributed by atoms with E-state index >= 15 is 0 Å². The Morgan fingerprint density at radius 1 is 1.25 bits per heavy atom. The third-order valence-corrected chi connectivity index (χ3v) is 3.69. The summed E-state index contributed by atoms with van der Waals surface area (Å²) >= 11 is 9.43. The Morgan fingerprint density at radius 2 is 2.05 bits per heavy atom. The van der Waals surface area contributed by atoms with Crippen LogP contribution in [0.25, 0.3) is 16.7 Å². The molecule has 2 aromatic carbocycles. The van der Waals surface area contributed by atoms with Gasteiger partial charge in [-0.3, -0.25) is 4.57 Å². The number of nitrogens with zero attached hydrogens (tertiary/aromatic N) is 3. The van der Waals surface area contributed by atoms with Crippen LogP contribution in [0.5, 0.6) is 0 Å². The fourth-order valence-corrected chi connectivity index (χ4v) is 2.62. The Kier molecular flexibility index (Phi) is 3.13. The average Bonchev–Trinajstić information content (AvgIpc) is 2.73. The maximum absolute atomic E-state index is 9.24. The number of imidazole rings is 1. The quantitative estimate of drug-likeness (QED) is 0.726. The van der Waals surface area contributed by atoms with Crippen LogP contribution >= 0.6 is 27.5 Å². The van der Waals surface area contributed by atoms with Crippen molar-refractivity contribution >= 4 is 44.5 Å². The van der Waals surface area contributed by atoms with Crippen LogP contribution < -0.4 is 5.73 Å². The molecule has 0 radical (unpaired) electrons. The molecule has 0 aliphatic heterocycles. The number of benzene rings is 2. The molecular weight excluding hydrogens is 340 g/mol. The van der Waals surface area contributed by atoms with Gasteiger partial charge in [0.15, 0.2) is 0 Å². The van der Waals surface area contributed by atoms with Crippen LogP contribution in [0.1, 0.15) is 5.56 Å². The van der Waals surface area contributed by atoms with Gasteiger partial charge in [0, 0.05) is 9.50 Å². The summed E-state index contributed by atoms with van der Waals surface area (Å²) in [6.07, 6.45) is 0. The molecule has 2 N–H and O–H groups in total. The van der Waals surface area contributed by atoms with Gasteiger partial charge in [0.1, 0.15) is 6.07 Å². The number of hydrogen-bond acceptors (Lipinski definition) is 3. The molecule has 0 saturated heterocycles. The second-order valence-corrected chi connectivity index (χ2v) is 5.56. The SMILES string of the molecule is N#Cc1ccc(Cl)cc1-n1c(N)nc2cc(Br)ccc21. The zero-order valence-corrected chi connectivity index (χ0v) is 12.5. The van der Waals surface area contributed by atoms with Gasteiger partial charge in [-0.25, -0.2) is 4.98 Å². The highest BCUT2D eigenvalue weighted by Gasteiger charge is 2.14. The fraction of sp³-hybridized carbons (Fsp3) is 0. The van der Waals surface area contributed by atoms with E-state index in [4.69, 9.17) is 17.3 Å². The van der Waals surface area contributed by atoms with Gasteiger partial charge in [-0.15, -0.1) is 0 Å². The van der Waals surface area contributed by atoms with Gasteiger partial charge in [0.25, 0.3) is 0 Å². The number of anilines is 1. The van der Waals surface area contributed by atoms with Gasteiger partial charge in [-0.1, -0.05) is 27.5 Å². The van der Waals surface area contributed by atoms with E-state index in [0.29, 0.717) is 22.2 Å². The summed E-state index contributed by atoms with van der Waals surface area (Å²) in [5.74, 6) is 0.317. The lowest BCUT2D eigenvalue weighted by Gasteiger charge is -2.09. The first-order valence-electron chi connectivity index (χ1n) is 5.73. The molecule has 0 fully saturated rings. The van der Waals surface area contributed by atoms with Gasteiger partial charge in [-0.05, 0) is 36.4 Å². The van der Waals surface area contributed by atoms with E-state index in [9.17, 15) is 5.26 Å². The highest BCUT2D eigenvalue weighted by molar-refractivity contribution is 9.10. The third-order valence-electron chi connectivity index (χ3n) is 2.96. The Balaban J connectivity index is 2.38. The molecule has 3 aromatic rings. The number of nitrogens with two attached hydrogens (primary N) is 1. The topological polar surface area (TPSA) is 67.6 Å². The van der Waals surface area contributed by atoms with Crippen LogP contribution in [0.4, 0.5) is 5.95 Å². The third kappa shape index (κ3) is 2.03. The molecule has 0 amide bonds. The fourth-order valence-electron chi connectivity index (χ4n) is 2.11. The summed E-state index contributed by atoms with van der Waals surface area (Å²) in [7, 11) is 0. The van der Waals surface area contributed by atoms with Gasteiger partial charge in [0.2, 0.25) is 5.95 Å². The van der Waals surface area contributed by atoms with Crippen LogP contribution in [0.2, 0.25) is 5.02 Å². The Bertz CT molecular complexity index is 863. The van der Waals surface area contributed by atoms with Crippen molar-refractivity contribution < 1.29 is 0 Å². The van der Waals surface area contributed by atoms with Crippen LogP contribution in [0.3, 0.4) is 0 Å². The van der Waals surface area contributed by atoms with Crippen molar-refractivity contribution in [3.63, 3.8) is 0 Å². The number of aromatic nitrogens is 2. The van der Waals surface area contributed by atoms with Crippen molar-refractivity contribution in [1.82, 2.24) is 9.55 Å². The first-order valence-corrected chi connectivity index (χ1v) is 6.91. The minimum absolute atomic E-state index is 0.317. The molecule has 6 heteroatoms. The van der Waals surface area contributed by atoms with Crippen LogP contribution in [-0.2, 0) is 0 Å². The van der Waals surface area contributed by atoms with Gasteiger partial charge < -0.3 is 5.73 Å². The normalized spacial score (nSPS) is 10.7. The molecule has 0 bridgehead atoms. The van der Waals surface area contributed by atoms with E-state index in [2.05, 4.69) is 27.0 Å². The molecule has 0 aliphatic carbocycles. The van der Waals surface area contributed by atoms with Crippen LogP contribution in [-0.4, -0.2) is 9.55 Å². The first-order chi connectivity index (χ1) is 9.60. The predicted molar refractivity (Wildman–Crippen MR) is 82.9 cm³/mol. The maximum atomic E-state index is 9.24. The highest BCUT2D eigenvalue weighted by Crippen LogP contribution is 2.28. The van der Waals surface area contributed by atoms with Crippen molar-refractivity contribution in [2.75, 3.05) is 5.73 Å². The van der Waals surface area contributed by atoms with Crippen molar-refractivity contribution in [2.24, 2.45) is 0 Å². The van der Waals surface area contributed by atoms with E-state index in [-0.39, 0.29) is 0 Å². The molecule has 98 valence electrons. The number of halogens is 2. The van der Waals surface area contributed by atoms with Crippen molar-refractivity contribution in [3.05, 3.63) is 51.5 Å². The Hall–Kier alpha value is -2.03. The van der Waals surface area contributed by atoms with Gasteiger partial charge in [0.05, 0.1) is 22.3 Å². The van der Waals surface area contributed by atoms with Crippen molar-refractivity contribution in [3.8, 4) is 11.8 Å². The second-order valence-electron chi connectivity index (χ2n) is 4.21. The summed E-state index contributed by atoms with van der Waals surface area (Å²) in [5, 5.41) is 9.78. The van der Waals surface area contributed by atoms with E-state index in [1.165, 1.54) is 0 Å². The smallest absolute Gasteiger partial charge is 0.205 e. The lowest BCUT2D eigenvalue weighted by atomic mass is 10.2. The summed E-state index contributed by atoms with van der Waals surface area (Å²) in [4.78, 5) is 4.31. The second kappa shape index (κ2) is 4.82. The summed E-state index contributed by atoms with van der Waals surface area (Å²) < 4.78 is 2.65. The molecule has 0 spiro atoms. The minimum atomic E-state index is 0.317. The molecule has 0 saturated carbocycles. The zero-order chi connectivity index (χ0) is 14.3. The monoisotopic (exact) mass is 346 g/mol. The Morgan fingerprint density at radius 3 is 2.80 bits per heavy atom. The number of rotatable bonds is 1. The average molecular weight is 348 g/mol. The van der Waals surface area contributed by atoms with E-state index in [1.807, 2.05) is 18.2 Å². The van der Waals surface area contributed by atoms with E-state index in [0.717, 1.165) is 15.5 Å². The number of nitriles is 1. The molecule has 0 aliphatic rings. The molecular formula is C14H8BrClN4. The predicted octanol–water partition coefficient (Wildman–Crippen LogP) is 3.90. The lowest BCUT2D eigenvalue weighted by molar-refractivity contribution is 1.10. The molecule has 1 aromatic heterocycles. The maximum Gasteiger partial charge on any atom is 0.205 e. The summed E-state index contributed by atoms with van der Waals surface area (Å²) in [6.45, 7) is 0. The molecule has 0 unspecified atom stereocenters. The van der Waals surface area contributed by atoms with Crippen molar-refractivity contribution in [2.45, 2.75) is 0 Å². The Labute approximate surface area is 128 Å². The first kappa shape index (κ1) is 13.0. The molecule has 1 heterocycles. The standard InChI is InChI=1S/C14H8BrClN4/c15-9-2-4-12-11(5-9)19-14(18)20(12)13-6-10(16)3-1-8(13)7-17/h1-6H,(H2,18,19). The molecule has 0 atom stereocenters. The van der Waals surface area contributed by atoms with Crippen LogP contribution in [0.15, 0.2) is 40.9 Å².